The van der Waals surface area contributed by atoms with E-state index in [1.807, 2.05) is 6.07 Å². The third kappa shape index (κ3) is 2.20. The molecule has 0 aliphatic heterocycles. The molecule has 3 heteroatoms. The van der Waals surface area contributed by atoms with Crippen LogP contribution in [0.2, 0.25) is 0 Å². The molecule has 1 aromatic carbocycles. The Hall–Kier alpha value is -2.68. The SMILES string of the molecule is Cc1ccc2nc3ccccn3c2c1-c1cc(C(C)C)cc[n+]1C. The normalized spacial score (nSPS) is 11.7. The van der Waals surface area contributed by atoms with Gasteiger partial charge in [0.1, 0.15) is 12.7 Å². The highest BCUT2D eigenvalue weighted by molar-refractivity contribution is 5.95. The largest absolute Gasteiger partial charge is 0.299 e. The van der Waals surface area contributed by atoms with Gasteiger partial charge in [-0.15, -0.1) is 0 Å². The van der Waals surface area contributed by atoms with Crippen LogP contribution in [0.4, 0.5) is 0 Å². The van der Waals surface area contributed by atoms with E-state index in [-0.39, 0.29) is 0 Å². The lowest BCUT2D eigenvalue weighted by Crippen LogP contribution is -2.31. The van der Waals surface area contributed by atoms with Gasteiger partial charge in [0.25, 0.3) is 0 Å². The monoisotopic (exact) mass is 316 g/mol. The van der Waals surface area contributed by atoms with Crippen LogP contribution in [-0.4, -0.2) is 9.38 Å². The van der Waals surface area contributed by atoms with E-state index in [0.29, 0.717) is 5.92 Å². The molecule has 4 rings (SSSR count). The first-order valence-corrected chi connectivity index (χ1v) is 8.42. The Kier molecular flexibility index (Phi) is 3.38. The lowest BCUT2D eigenvalue weighted by molar-refractivity contribution is -0.660. The second-order valence-corrected chi connectivity index (χ2v) is 6.78. The molecule has 0 saturated carbocycles. The zero-order valence-corrected chi connectivity index (χ0v) is 14.6. The molecule has 0 unspecified atom stereocenters. The topological polar surface area (TPSA) is 21.2 Å². The zero-order valence-electron chi connectivity index (χ0n) is 14.6. The number of benzene rings is 1. The molecule has 3 heterocycles. The highest BCUT2D eigenvalue weighted by Gasteiger charge is 2.20. The van der Waals surface area contributed by atoms with Crippen LogP contribution in [0.15, 0.2) is 54.9 Å². The van der Waals surface area contributed by atoms with Crippen LogP contribution in [0.5, 0.6) is 0 Å². The molecule has 0 atom stereocenters. The number of fused-ring (bicyclic) bond motifs is 3. The van der Waals surface area contributed by atoms with Gasteiger partial charge >= 0.3 is 0 Å². The van der Waals surface area contributed by atoms with E-state index in [0.717, 1.165) is 11.2 Å². The van der Waals surface area contributed by atoms with E-state index >= 15 is 0 Å². The molecule has 0 bridgehead atoms. The average molecular weight is 316 g/mol. The molecule has 0 amide bonds. The number of pyridine rings is 2. The van der Waals surface area contributed by atoms with E-state index in [2.05, 4.69) is 85.6 Å². The molecule has 0 aliphatic carbocycles. The van der Waals surface area contributed by atoms with Crippen molar-refractivity contribution >= 4 is 16.7 Å². The van der Waals surface area contributed by atoms with Gasteiger partial charge < -0.3 is 0 Å². The van der Waals surface area contributed by atoms with Crippen molar-refractivity contribution in [2.45, 2.75) is 26.7 Å². The fourth-order valence-electron chi connectivity index (χ4n) is 3.37. The minimum atomic E-state index is 0.506. The van der Waals surface area contributed by atoms with Gasteiger partial charge in [0.2, 0.25) is 5.69 Å². The molecule has 4 aromatic rings. The maximum absolute atomic E-state index is 4.78. The van der Waals surface area contributed by atoms with Gasteiger partial charge in [-0.3, -0.25) is 4.40 Å². The van der Waals surface area contributed by atoms with Gasteiger partial charge in [-0.2, -0.15) is 0 Å². The van der Waals surface area contributed by atoms with Gasteiger partial charge in [0, 0.05) is 18.3 Å². The van der Waals surface area contributed by atoms with Crippen molar-refractivity contribution < 1.29 is 4.57 Å². The van der Waals surface area contributed by atoms with Crippen LogP contribution < -0.4 is 4.57 Å². The lowest BCUT2D eigenvalue weighted by Gasteiger charge is -2.10. The molecule has 3 nitrogen and oxygen atoms in total. The molecule has 120 valence electrons. The number of nitrogens with zero attached hydrogens (tertiary/aromatic N) is 3. The molecule has 0 radical (unpaired) electrons. The first kappa shape index (κ1) is 14.9. The molecule has 3 aromatic heterocycles. The summed E-state index contributed by atoms with van der Waals surface area (Å²) in [6.07, 6.45) is 4.26. The molecule has 24 heavy (non-hydrogen) atoms. The summed E-state index contributed by atoms with van der Waals surface area (Å²) in [5.74, 6) is 0.506. The summed E-state index contributed by atoms with van der Waals surface area (Å²) in [6, 6.07) is 15.0. The van der Waals surface area contributed by atoms with E-state index in [4.69, 9.17) is 4.98 Å². The number of rotatable bonds is 2. The van der Waals surface area contributed by atoms with Crippen LogP contribution >= 0.6 is 0 Å². The highest BCUT2D eigenvalue weighted by atomic mass is 15.0. The first-order chi connectivity index (χ1) is 11.6. The van der Waals surface area contributed by atoms with E-state index in [9.17, 15) is 0 Å². The minimum absolute atomic E-state index is 0.506. The third-order valence-electron chi connectivity index (χ3n) is 4.78. The summed E-state index contributed by atoms with van der Waals surface area (Å²) in [4.78, 5) is 4.78. The summed E-state index contributed by atoms with van der Waals surface area (Å²) >= 11 is 0. The van der Waals surface area contributed by atoms with Crippen LogP contribution in [-0.2, 0) is 7.05 Å². The summed E-state index contributed by atoms with van der Waals surface area (Å²) in [5, 5.41) is 0. The van der Waals surface area contributed by atoms with Gasteiger partial charge in [-0.1, -0.05) is 26.0 Å². The first-order valence-electron chi connectivity index (χ1n) is 8.42. The number of aryl methyl sites for hydroxylation is 2. The van der Waals surface area contributed by atoms with Crippen molar-refractivity contribution in [3.8, 4) is 11.3 Å². The quantitative estimate of drug-likeness (QED) is 0.502. The van der Waals surface area contributed by atoms with Gasteiger partial charge in [0.15, 0.2) is 6.20 Å². The van der Waals surface area contributed by atoms with Crippen molar-refractivity contribution in [3.63, 3.8) is 0 Å². The molecule has 0 spiro atoms. The van der Waals surface area contributed by atoms with Crippen molar-refractivity contribution in [2.24, 2.45) is 7.05 Å². The predicted octanol–water partition coefficient (Wildman–Crippen LogP) is 4.41. The maximum atomic E-state index is 4.78. The number of hydrogen-bond donors (Lipinski definition) is 0. The molecule has 0 saturated heterocycles. The number of imidazole rings is 1. The Morgan fingerprint density at radius 3 is 2.71 bits per heavy atom. The van der Waals surface area contributed by atoms with E-state index < -0.39 is 0 Å². The Bertz CT molecular complexity index is 1060. The van der Waals surface area contributed by atoms with Crippen molar-refractivity contribution in [1.82, 2.24) is 9.38 Å². The van der Waals surface area contributed by atoms with Gasteiger partial charge in [-0.25, -0.2) is 9.55 Å². The average Bonchev–Trinajstić information content (AvgIpc) is 2.94. The minimum Gasteiger partial charge on any atom is -0.299 e. The highest BCUT2D eigenvalue weighted by Crippen LogP contribution is 2.31. The maximum Gasteiger partial charge on any atom is 0.215 e. The predicted molar refractivity (Wildman–Crippen MR) is 98.1 cm³/mol. The van der Waals surface area contributed by atoms with Crippen LogP contribution in [0.25, 0.3) is 27.9 Å². The van der Waals surface area contributed by atoms with Crippen LogP contribution in [0.3, 0.4) is 0 Å². The molecule has 0 N–H and O–H groups in total. The van der Waals surface area contributed by atoms with Gasteiger partial charge in [-0.05, 0) is 42.2 Å². The summed E-state index contributed by atoms with van der Waals surface area (Å²) < 4.78 is 4.40. The van der Waals surface area contributed by atoms with E-state index in [1.54, 1.807) is 0 Å². The summed E-state index contributed by atoms with van der Waals surface area (Å²) in [6.45, 7) is 6.65. The fourth-order valence-corrected chi connectivity index (χ4v) is 3.37. The summed E-state index contributed by atoms with van der Waals surface area (Å²) in [5.41, 5.74) is 8.32. The Labute approximate surface area is 142 Å². The molecular weight excluding hydrogens is 294 g/mol. The smallest absolute Gasteiger partial charge is 0.215 e. The van der Waals surface area contributed by atoms with Crippen molar-refractivity contribution in [1.29, 1.82) is 0 Å². The van der Waals surface area contributed by atoms with Gasteiger partial charge in [0.05, 0.1) is 16.6 Å². The summed E-state index contributed by atoms with van der Waals surface area (Å²) in [7, 11) is 2.11. The lowest BCUT2D eigenvalue weighted by atomic mass is 9.98. The Morgan fingerprint density at radius 2 is 1.92 bits per heavy atom. The third-order valence-corrected chi connectivity index (χ3v) is 4.78. The van der Waals surface area contributed by atoms with Crippen LogP contribution in [0, 0.1) is 6.92 Å². The molecule has 0 aliphatic rings. The molecule has 0 fully saturated rings. The standard InChI is InChI=1S/C21H22N3/c1-14(2)16-10-12-23(4)18(13-16)20-15(3)8-9-17-21(20)24-11-6-5-7-19(24)22-17/h5-14H,1-4H3/q+1. The second-order valence-electron chi connectivity index (χ2n) is 6.78. The van der Waals surface area contributed by atoms with E-state index in [1.165, 1.54) is 27.9 Å². The Balaban J connectivity index is 2.14. The fraction of sp³-hybridized carbons (Fsp3) is 0.238. The zero-order chi connectivity index (χ0) is 16.8. The second kappa shape index (κ2) is 5.45. The van der Waals surface area contributed by atoms with Crippen molar-refractivity contribution in [2.75, 3.05) is 0 Å². The number of hydrogen-bond acceptors (Lipinski definition) is 1. The molecular formula is C21H22N3+. The number of aromatic nitrogens is 3. The van der Waals surface area contributed by atoms with Crippen molar-refractivity contribution in [3.05, 3.63) is 66.0 Å². The Morgan fingerprint density at radius 1 is 1.08 bits per heavy atom. The van der Waals surface area contributed by atoms with Crippen LogP contribution in [0.1, 0.15) is 30.9 Å².